The maximum Gasteiger partial charge on any atom is 0.216 e. The maximum atomic E-state index is 13.5. The zero-order chi connectivity index (χ0) is 19.5. The first-order chi connectivity index (χ1) is 13.7. The lowest BCUT2D eigenvalue weighted by atomic mass is 10.0. The van der Waals surface area contributed by atoms with Crippen LogP contribution in [0.15, 0.2) is 49.1 Å². The number of hydrogen-bond donors (Lipinski definition) is 1. The molecule has 4 aromatic heterocycles. The third-order valence-corrected chi connectivity index (χ3v) is 4.55. The first-order valence-electron chi connectivity index (χ1n) is 8.71. The number of nitrogens with one attached hydrogen (secondary N) is 1. The van der Waals surface area contributed by atoms with E-state index in [1.807, 2.05) is 30.6 Å². The summed E-state index contributed by atoms with van der Waals surface area (Å²) in [5, 5.41) is 0.963. The molecule has 0 fully saturated rings. The highest BCUT2D eigenvalue weighted by Gasteiger charge is 2.11. The fourth-order valence-corrected chi connectivity index (χ4v) is 3.24. The smallest absolute Gasteiger partial charge is 0.216 e. The predicted molar refractivity (Wildman–Crippen MR) is 105 cm³/mol. The van der Waals surface area contributed by atoms with Crippen LogP contribution < -0.4 is 4.74 Å². The predicted octanol–water partition coefficient (Wildman–Crippen LogP) is 3.66. The van der Waals surface area contributed by atoms with Crippen molar-refractivity contribution in [3.63, 3.8) is 0 Å². The van der Waals surface area contributed by atoms with E-state index in [0.29, 0.717) is 24.3 Å². The quantitative estimate of drug-likeness (QED) is 0.543. The average Bonchev–Trinajstić information content (AvgIpc) is 3.13. The molecule has 0 aliphatic rings. The highest BCUT2D eigenvalue weighted by Crippen LogP contribution is 2.23. The first-order valence-corrected chi connectivity index (χ1v) is 8.71. The van der Waals surface area contributed by atoms with Crippen LogP contribution in [0.1, 0.15) is 27.9 Å². The molecule has 0 amide bonds. The van der Waals surface area contributed by atoms with Crippen LogP contribution in [-0.2, 0) is 12.8 Å². The van der Waals surface area contributed by atoms with Crippen LogP contribution in [0.3, 0.4) is 0 Å². The number of aromatic amines is 1. The summed E-state index contributed by atoms with van der Waals surface area (Å²) in [6.45, 7) is 0. The van der Waals surface area contributed by atoms with Crippen molar-refractivity contribution < 1.29 is 9.13 Å². The van der Waals surface area contributed by atoms with E-state index in [1.165, 1.54) is 13.2 Å². The molecule has 4 rings (SSSR count). The Balaban J connectivity index is 1.57. The number of ether oxygens (including phenoxy) is 1. The number of aromatic nitrogens is 4. The van der Waals surface area contributed by atoms with Gasteiger partial charge in [-0.05, 0) is 29.3 Å². The molecule has 5 nitrogen and oxygen atoms in total. The average molecular weight is 372 g/mol. The molecule has 6 heteroatoms. The van der Waals surface area contributed by atoms with Crippen molar-refractivity contribution in [3.8, 4) is 18.2 Å². The van der Waals surface area contributed by atoms with E-state index in [9.17, 15) is 4.39 Å². The second-order valence-electron chi connectivity index (χ2n) is 6.37. The Kier molecular flexibility index (Phi) is 4.73. The minimum atomic E-state index is -0.398. The summed E-state index contributed by atoms with van der Waals surface area (Å²) < 4.78 is 18.7. The largest absolute Gasteiger partial charge is 0.481 e. The Morgan fingerprint density at radius 2 is 2.00 bits per heavy atom. The Morgan fingerprint density at radius 3 is 2.75 bits per heavy atom. The zero-order valence-electron chi connectivity index (χ0n) is 15.2. The van der Waals surface area contributed by atoms with Gasteiger partial charge in [0.05, 0.1) is 13.3 Å². The van der Waals surface area contributed by atoms with E-state index in [-0.39, 0.29) is 0 Å². The van der Waals surface area contributed by atoms with Crippen molar-refractivity contribution in [2.45, 2.75) is 12.8 Å². The standard InChI is InChI=1S/C22H17FN4O/c1-3-15-6-7-24-21-20(15)17(12-26-21)8-14-4-5-19(25-11-14)10-16-9-18(23)13-27-22(16)28-2/h1,4-7,9,11-13H,8,10H2,2H3,(H,24,26). The summed E-state index contributed by atoms with van der Waals surface area (Å²) >= 11 is 0. The van der Waals surface area contributed by atoms with Crippen LogP contribution in [0.25, 0.3) is 11.0 Å². The summed E-state index contributed by atoms with van der Waals surface area (Å²) in [6.07, 6.45) is 13.3. The highest BCUT2D eigenvalue weighted by atomic mass is 19.1. The maximum absolute atomic E-state index is 13.5. The van der Waals surface area contributed by atoms with E-state index < -0.39 is 5.82 Å². The van der Waals surface area contributed by atoms with Gasteiger partial charge in [-0.3, -0.25) is 4.98 Å². The second-order valence-corrected chi connectivity index (χ2v) is 6.37. The van der Waals surface area contributed by atoms with Gasteiger partial charge in [0, 0.05) is 53.6 Å². The van der Waals surface area contributed by atoms with Crippen LogP contribution in [0.2, 0.25) is 0 Å². The summed E-state index contributed by atoms with van der Waals surface area (Å²) in [4.78, 5) is 15.9. The Morgan fingerprint density at radius 1 is 1.11 bits per heavy atom. The van der Waals surface area contributed by atoms with E-state index >= 15 is 0 Å². The highest BCUT2D eigenvalue weighted by molar-refractivity contribution is 5.86. The molecule has 1 N–H and O–H groups in total. The third kappa shape index (κ3) is 3.42. The van der Waals surface area contributed by atoms with Crippen molar-refractivity contribution in [2.24, 2.45) is 0 Å². The van der Waals surface area contributed by atoms with Gasteiger partial charge in [0.15, 0.2) is 0 Å². The van der Waals surface area contributed by atoms with Crippen molar-refractivity contribution in [2.75, 3.05) is 7.11 Å². The molecule has 0 aliphatic carbocycles. The number of nitrogens with zero attached hydrogens (tertiary/aromatic N) is 3. The molecule has 0 aromatic carbocycles. The summed E-state index contributed by atoms with van der Waals surface area (Å²) in [6, 6.07) is 7.18. The van der Waals surface area contributed by atoms with Gasteiger partial charge in [-0.2, -0.15) is 0 Å². The number of halogens is 1. The molecule has 0 unspecified atom stereocenters. The Hall–Kier alpha value is -3.72. The van der Waals surface area contributed by atoms with Gasteiger partial charge in [0.2, 0.25) is 5.88 Å². The van der Waals surface area contributed by atoms with Gasteiger partial charge in [0.1, 0.15) is 11.5 Å². The molecular formula is C22H17FN4O. The van der Waals surface area contributed by atoms with Gasteiger partial charge in [-0.1, -0.05) is 12.0 Å². The van der Waals surface area contributed by atoms with Crippen LogP contribution >= 0.6 is 0 Å². The molecule has 0 atom stereocenters. The molecule has 0 saturated heterocycles. The number of fused-ring (bicyclic) bond motifs is 1. The van der Waals surface area contributed by atoms with Crippen LogP contribution in [0.5, 0.6) is 5.88 Å². The third-order valence-electron chi connectivity index (χ3n) is 4.55. The lowest BCUT2D eigenvalue weighted by molar-refractivity contribution is 0.391. The van der Waals surface area contributed by atoms with Crippen molar-refractivity contribution >= 4 is 11.0 Å². The summed E-state index contributed by atoms with van der Waals surface area (Å²) in [7, 11) is 1.51. The SMILES string of the molecule is C#Cc1ccnc2[nH]cc(Cc3ccc(Cc4cc(F)cnc4OC)nc3)c12. The number of hydrogen-bond acceptors (Lipinski definition) is 4. The lowest BCUT2D eigenvalue weighted by Crippen LogP contribution is -2.00. The Labute approximate surface area is 161 Å². The van der Waals surface area contributed by atoms with E-state index in [0.717, 1.165) is 39.6 Å². The molecule has 0 bridgehead atoms. The van der Waals surface area contributed by atoms with Gasteiger partial charge in [-0.25, -0.2) is 14.4 Å². The van der Waals surface area contributed by atoms with Gasteiger partial charge < -0.3 is 9.72 Å². The van der Waals surface area contributed by atoms with Gasteiger partial charge >= 0.3 is 0 Å². The molecule has 4 heterocycles. The van der Waals surface area contributed by atoms with Crippen LogP contribution in [0.4, 0.5) is 4.39 Å². The monoisotopic (exact) mass is 372 g/mol. The molecule has 28 heavy (non-hydrogen) atoms. The van der Waals surface area contributed by atoms with E-state index in [2.05, 4.69) is 25.9 Å². The minimum Gasteiger partial charge on any atom is -0.481 e. The topological polar surface area (TPSA) is 63.7 Å². The zero-order valence-corrected chi connectivity index (χ0v) is 15.2. The van der Waals surface area contributed by atoms with Gasteiger partial charge in [0.25, 0.3) is 0 Å². The van der Waals surface area contributed by atoms with Crippen molar-refractivity contribution in [3.05, 3.63) is 82.8 Å². The second kappa shape index (κ2) is 7.49. The summed E-state index contributed by atoms with van der Waals surface area (Å²) in [5.41, 5.74) is 5.17. The van der Waals surface area contributed by atoms with E-state index in [1.54, 1.807) is 6.20 Å². The minimum absolute atomic E-state index is 0.398. The normalized spacial score (nSPS) is 10.8. The van der Waals surface area contributed by atoms with Crippen molar-refractivity contribution in [1.82, 2.24) is 19.9 Å². The number of H-pyrrole nitrogens is 1. The molecule has 0 aliphatic heterocycles. The number of methoxy groups -OCH3 is 1. The molecule has 0 saturated carbocycles. The molecule has 138 valence electrons. The van der Waals surface area contributed by atoms with E-state index in [4.69, 9.17) is 11.2 Å². The molecule has 0 spiro atoms. The summed E-state index contributed by atoms with van der Waals surface area (Å²) in [5.74, 6) is 2.71. The fourth-order valence-electron chi connectivity index (χ4n) is 3.24. The molecule has 4 aromatic rings. The fraction of sp³-hybridized carbons (Fsp3) is 0.136. The number of terminal acetylenes is 1. The molecule has 0 radical (unpaired) electrons. The lowest BCUT2D eigenvalue weighted by Gasteiger charge is -2.08. The van der Waals surface area contributed by atoms with Crippen molar-refractivity contribution in [1.29, 1.82) is 0 Å². The number of pyridine rings is 3. The Bertz CT molecular complexity index is 1180. The van der Waals surface area contributed by atoms with Crippen LogP contribution in [0, 0.1) is 18.2 Å². The van der Waals surface area contributed by atoms with Gasteiger partial charge in [-0.15, -0.1) is 6.42 Å². The van der Waals surface area contributed by atoms with Crippen LogP contribution in [-0.4, -0.2) is 27.0 Å². The first kappa shape index (κ1) is 17.7. The number of rotatable bonds is 5. The molecular weight excluding hydrogens is 355 g/mol.